The van der Waals surface area contributed by atoms with E-state index in [4.69, 9.17) is 5.73 Å². The molecule has 0 fully saturated rings. The molecule has 2 amide bonds. The zero-order valence-electron chi connectivity index (χ0n) is 13.2. The van der Waals surface area contributed by atoms with Crippen molar-refractivity contribution < 1.29 is 22.4 Å². The van der Waals surface area contributed by atoms with Gasteiger partial charge >= 0.3 is 0 Å². The van der Waals surface area contributed by atoms with Crippen LogP contribution >= 0.6 is 0 Å². The molecule has 0 heterocycles. The van der Waals surface area contributed by atoms with Gasteiger partial charge in [-0.3, -0.25) is 9.59 Å². The molecular weight excluding hydrogens is 349 g/mol. The molecule has 0 saturated carbocycles. The van der Waals surface area contributed by atoms with Crippen LogP contribution in [0.3, 0.4) is 0 Å². The Morgan fingerprint density at radius 3 is 2.52 bits per heavy atom. The Morgan fingerprint density at radius 1 is 1.16 bits per heavy atom. The second kappa shape index (κ2) is 7.41. The smallest absolute Gasteiger partial charge is 0.255 e. The summed E-state index contributed by atoms with van der Waals surface area (Å²) in [5, 5.41) is 2.56. The van der Waals surface area contributed by atoms with Crippen molar-refractivity contribution in [1.29, 1.82) is 0 Å². The fraction of sp³-hybridized carbons (Fsp3) is 0.125. The van der Waals surface area contributed by atoms with Crippen LogP contribution in [0.15, 0.2) is 47.4 Å². The molecule has 0 radical (unpaired) electrons. The number of benzene rings is 2. The summed E-state index contributed by atoms with van der Waals surface area (Å²) in [6.07, 6.45) is 0. The third-order valence-electron chi connectivity index (χ3n) is 3.26. The summed E-state index contributed by atoms with van der Waals surface area (Å²) < 4.78 is 39.4. The Morgan fingerprint density at radius 2 is 1.88 bits per heavy atom. The average molecular weight is 365 g/mol. The molecule has 0 aliphatic heterocycles. The van der Waals surface area contributed by atoms with Gasteiger partial charge in [-0.15, -0.1) is 0 Å². The van der Waals surface area contributed by atoms with Gasteiger partial charge in [0.05, 0.1) is 11.4 Å². The first-order chi connectivity index (χ1) is 11.7. The number of nitrogens with two attached hydrogens (primary N) is 1. The minimum Gasteiger partial charge on any atom is -0.369 e. The molecule has 0 aromatic heterocycles. The van der Waals surface area contributed by atoms with Gasteiger partial charge in [0.2, 0.25) is 15.9 Å². The first kappa shape index (κ1) is 18.6. The fourth-order valence-electron chi connectivity index (χ4n) is 1.98. The van der Waals surface area contributed by atoms with Crippen molar-refractivity contribution in [3.8, 4) is 0 Å². The second-order valence-electron chi connectivity index (χ2n) is 5.24. The van der Waals surface area contributed by atoms with Gasteiger partial charge < -0.3 is 11.1 Å². The van der Waals surface area contributed by atoms with E-state index in [9.17, 15) is 22.4 Å². The summed E-state index contributed by atoms with van der Waals surface area (Å²) >= 11 is 0. The predicted molar refractivity (Wildman–Crippen MR) is 89.9 cm³/mol. The third-order valence-corrected chi connectivity index (χ3v) is 4.66. The number of hydrogen-bond donors (Lipinski definition) is 3. The van der Waals surface area contributed by atoms with Crippen LogP contribution in [0.25, 0.3) is 0 Å². The Kier molecular flexibility index (Phi) is 5.50. The minimum atomic E-state index is -3.98. The SMILES string of the molecule is Cc1cc(NC(=O)c2cccc(S(=O)(=O)NCC(N)=O)c2)ccc1F. The van der Waals surface area contributed by atoms with Gasteiger partial charge in [0.25, 0.3) is 5.91 Å². The highest BCUT2D eigenvalue weighted by atomic mass is 32.2. The van der Waals surface area contributed by atoms with Crippen LogP contribution < -0.4 is 15.8 Å². The van der Waals surface area contributed by atoms with Crippen LogP contribution in [-0.2, 0) is 14.8 Å². The molecule has 2 aromatic carbocycles. The summed E-state index contributed by atoms with van der Waals surface area (Å²) in [5.74, 6) is -1.78. The molecule has 7 nitrogen and oxygen atoms in total. The van der Waals surface area contributed by atoms with Crippen molar-refractivity contribution in [2.45, 2.75) is 11.8 Å². The number of rotatable bonds is 6. The van der Waals surface area contributed by atoms with Gasteiger partial charge in [-0.25, -0.2) is 17.5 Å². The van der Waals surface area contributed by atoms with E-state index < -0.39 is 34.2 Å². The quantitative estimate of drug-likeness (QED) is 0.711. The van der Waals surface area contributed by atoms with Crippen LogP contribution in [0.5, 0.6) is 0 Å². The lowest BCUT2D eigenvalue weighted by molar-refractivity contribution is -0.116. The maximum atomic E-state index is 13.3. The molecule has 0 bridgehead atoms. The molecular formula is C16H16FN3O4S. The number of nitrogens with one attached hydrogen (secondary N) is 2. The normalized spacial score (nSPS) is 11.1. The van der Waals surface area contributed by atoms with Crippen LogP contribution in [0.4, 0.5) is 10.1 Å². The van der Waals surface area contributed by atoms with Crippen molar-refractivity contribution in [2.75, 3.05) is 11.9 Å². The number of amides is 2. The number of carbonyl (C=O) groups is 2. The van der Waals surface area contributed by atoms with E-state index in [0.29, 0.717) is 11.3 Å². The highest BCUT2D eigenvalue weighted by molar-refractivity contribution is 7.89. The van der Waals surface area contributed by atoms with E-state index in [1.807, 2.05) is 4.72 Å². The van der Waals surface area contributed by atoms with Gasteiger partial charge in [-0.2, -0.15) is 0 Å². The number of hydrogen-bond acceptors (Lipinski definition) is 4. The fourth-order valence-corrected chi connectivity index (χ4v) is 3.02. The van der Waals surface area contributed by atoms with Crippen molar-refractivity contribution in [3.05, 3.63) is 59.4 Å². The minimum absolute atomic E-state index is 0.0870. The summed E-state index contributed by atoms with van der Waals surface area (Å²) in [6.45, 7) is 1.01. The molecule has 9 heteroatoms. The summed E-state index contributed by atoms with van der Waals surface area (Å²) in [4.78, 5) is 22.8. The van der Waals surface area contributed by atoms with Crippen LogP contribution in [0.1, 0.15) is 15.9 Å². The standard InChI is InChI=1S/C16H16FN3O4S/c1-10-7-12(5-6-14(10)17)20-16(22)11-3-2-4-13(8-11)25(23,24)19-9-15(18)21/h2-8,19H,9H2,1H3,(H2,18,21)(H,20,22). The summed E-state index contributed by atoms with van der Waals surface area (Å²) in [6, 6.07) is 9.34. The Bertz CT molecular complexity index is 929. The van der Waals surface area contributed by atoms with E-state index >= 15 is 0 Å². The molecule has 2 aromatic rings. The number of primary amides is 1. The number of aryl methyl sites for hydroxylation is 1. The van der Waals surface area contributed by atoms with E-state index in [0.717, 1.165) is 6.07 Å². The highest BCUT2D eigenvalue weighted by Gasteiger charge is 2.17. The maximum Gasteiger partial charge on any atom is 0.255 e. The van der Waals surface area contributed by atoms with Crippen molar-refractivity contribution in [2.24, 2.45) is 5.73 Å². The molecule has 132 valence electrons. The Labute approximate surface area is 144 Å². The molecule has 0 aliphatic carbocycles. The van der Waals surface area contributed by atoms with Crippen LogP contribution in [-0.4, -0.2) is 26.8 Å². The van der Waals surface area contributed by atoms with Gasteiger partial charge in [-0.05, 0) is 48.9 Å². The summed E-state index contributed by atoms with van der Waals surface area (Å²) in [7, 11) is -3.98. The van der Waals surface area contributed by atoms with Gasteiger partial charge in [0.1, 0.15) is 5.82 Å². The molecule has 4 N–H and O–H groups in total. The lowest BCUT2D eigenvalue weighted by Gasteiger charge is -2.09. The lowest BCUT2D eigenvalue weighted by atomic mass is 10.2. The Balaban J connectivity index is 2.21. The number of anilines is 1. The molecule has 0 saturated heterocycles. The molecule has 0 aliphatic rings. The average Bonchev–Trinajstić information content (AvgIpc) is 2.56. The van der Waals surface area contributed by atoms with Crippen LogP contribution in [0, 0.1) is 12.7 Å². The van der Waals surface area contributed by atoms with Gasteiger partial charge in [0, 0.05) is 11.3 Å². The Hall–Kier alpha value is -2.78. The highest BCUT2D eigenvalue weighted by Crippen LogP contribution is 2.16. The molecule has 0 unspecified atom stereocenters. The topological polar surface area (TPSA) is 118 Å². The van der Waals surface area contributed by atoms with Crippen molar-refractivity contribution in [3.63, 3.8) is 0 Å². The molecule has 25 heavy (non-hydrogen) atoms. The first-order valence-electron chi connectivity index (χ1n) is 7.14. The third kappa shape index (κ3) is 4.85. The predicted octanol–water partition coefficient (Wildman–Crippen LogP) is 1.15. The molecule has 2 rings (SSSR count). The van der Waals surface area contributed by atoms with Gasteiger partial charge in [0.15, 0.2) is 0 Å². The second-order valence-corrected chi connectivity index (χ2v) is 7.00. The van der Waals surface area contributed by atoms with E-state index in [1.54, 1.807) is 6.92 Å². The number of sulfonamides is 1. The molecule has 0 atom stereocenters. The first-order valence-corrected chi connectivity index (χ1v) is 8.63. The molecule has 0 spiro atoms. The van der Waals surface area contributed by atoms with E-state index in [2.05, 4.69) is 5.32 Å². The number of halogens is 1. The van der Waals surface area contributed by atoms with E-state index in [1.165, 1.54) is 36.4 Å². The zero-order chi connectivity index (χ0) is 18.6. The number of carbonyl (C=O) groups excluding carboxylic acids is 2. The zero-order valence-corrected chi connectivity index (χ0v) is 14.1. The van der Waals surface area contributed by atoms with Crippen molar-refractivity contribution in [1.82, 2.24) is 4.72 Å². The van der Waals surface area contributed by atoms with Crippen molar-refractivity contribution >= 4 is 27.5 Å². The largest absolute Gasteiger partial charge is 0.369 e. The lowest BCUT2D eigenvalue weighted by Crippen LogP contribution is -2.33. The van der Waals surface area contributed by atoms with Gasteiger partial charge in [-0.1, -0.05) is 6.07 Å². The van der Waals surface area contributed by atoms with Crippen LogP contribution in [0.2, 0.25) is 0 Å². The monoisotopic (exact) mass is 365 g/mol. The summed E-state index contributed by atoms with van der Waals surface area (Å²) in [5.41, 5.74) is 5.74. The van der Waals surface area contributed by atoms with E-state index in [-0.39, 0.29) is 10.5 Å². The maximum absolute atomic E-state index is 13.3.